The Hall–Kier alpha value is -0.810. The molecule has 1 aliphatic heterocycles. The molecule has 6 heteroatoms. The van der Waals surface area contributed by atoms with Crippen molar-refractivity contribution in [2.24, 2.45) is 5.92 Å². The van der Waals surface area contributed by atoms with E-state index in [4.69, 9.17) is 23.1 Å². The van der Waals surface area contributed by atoms with Crippen LogP contribution >= 0.6 is 23.4 Å². The normalized spacial score (nSPS) is 16.8. The van der Waals surface area contributed by atoms with E-state index in [-0.39, 0.29) is 16.4 Å². The van der Waals surface area contributed by atoms with Gasteiger partial charge in [-0.25, -0.2) is 4.39 Å². The van der Waals surface area contributed by atoms with Crippen LogP contribution in [0.4, 0.5) is 21.5 Å². The molecular formula is C12H17ClFN3S. The van der Waals surface area contributed by atoms with Gasteiger partial charge >= 0.3 is 0 Å². The highest BCUT2D eigenvalue weighted by Crippen LogP contribution is 2.34. The van der Waals surface area contributed by atoms with Crippen LogP contribution in [0, 0.1) is 11.7 Å². The molecule has 100 valence electrons. The Morgan fingerprint density at radius 2 is 2.00 bits per heavy atom. The fourth-order valence-electron chi connectivity index (χ4n) is 2.04. The topological polar surface area (TPSA) is 64.1 Å². The minimum atomic E-state index is -0.556. The Morgan fingerprint density at radius 1 is 1.33 bits per heavy atom. The minimum Gasteiger partial charge on any atom is -0.397 e. The number of nitrogen functional groups attached to an aromatic ring is 2. The SMILES string of the molecule is Nc1cc(N)c(NCC2CCSCC2)c(F)c1Cl. The smallest absolute Gasteiger partial charge is 0.169 e. The van der Waals surface area contributed by atoms with Crippen LogP contribution in [0.15, 0.2) is 6.07 Å². The van der Waals surface area contributed by atoms with Crippen LogP contribution in [0.1, 0.15) is 12.8 Å². The van der Waals surface area contributed by atoms with Crippen molar-refractivity contribution in [1.29, 1.82) is 0 Å². The molecule has 3 nitrogen and oxygen atoms in total. The van der Waals surface area contributed by atoms with Crippen molar-refractivity contribution in [2.45, 2.75) is 12.8 Å². The predicted octanol–water partition coefficient (Wildman–Crippen LogP) is 3.20. The molecule has 0 amide bonds. The van der Waals surface area contributed by atoms with Crippen LogP contribution in [0.3, 0.4) is 0 Å². The second-order valence-electron chi connectivity index (χ2n) is 4.49. The summed E-state index contributed by atoms with van der Waals surface area (Å²) in [5.41, 5.74) is 12.1. The lowest BCUT2D eigenvalue weighted by Crippen LogP contribution is -2.20. The van der Waals surface area contributed by atoms with Gasteiger partial charge in [0.25, 0.3) is 0 Å². The van der Waals surface area contributed by atoms with E-state index in [0.717, 1.165) is 19.4 Å². The Bertz CT molecular complexity index is 436. The van der Waals surface area contributed by atoms with Crippen molar-refractivity contribution in [1.82, 2.24) is 0 Å². The van der Waals surface area contributed by atoms with Crippen molar-refractivity contribution in [3.63, 3.8) is 0 Å². The molecule has 0 radical (unpaired) electrons. The third-order valence-electron chi connectivity index (χ3n) is 3.17. The molecule has 1 aromatic rings. The molecule has 1 saturated heterocycles. The molecule has 1 fully saturated rings. The Morgan fingerprint density at radius 3 is 2.67 bits per heavy atom. The summed E-state index contributed by atoms with van der Waals surface area (Å²) in [6, 6.07) is 1.49. The highest BCUT2D eigenvalue weighted by molar-refractivity contribution is 7.99. The fourth-order valence-corrected chi connectivity index (χ4v) is 3.40. The third-order valence-corrected chi connectivity index (χ3v) is 4.61. The van der Waals surface area contributed by atoms with Crippen LogP contribution in [-0.4, -0.2) is 18.1 Å². The molecule has 0 atom stereocenters. The zero-order valence-electron chi connectivity index (χ0n) is 10.0. The van der Waals surface area contributed by atoms with E-state index in [0.29, 0.717) is 11.6 Å². The molecule has 1 heterocycles. The summed E-state index contributed by atoms with van der Waals surface area (Å²) >= 11 is 7.74. The summed E-state index contributed by atoms with van der Waals surface area (Å²) in [6.07, 6.45) is 2.31. The molecule has 0 saturated carbocycles. The van der Waals surface area contributed by atoms with E-state index >= 15 is 0 Å². The van der Waals surface area contributed by atoms with Gasteiger partial charge in [-0.05, 0) is 36.3 Å². The molecule has 18 heavy (non-hydrogen) atoms. The Balaban J connectivity index is 2.06. The van der Waals surface area contributed by atoms with E-state index in [1.165, 1.54) is 17.6 Å². The van der Waals surface area contributed by atoms with E-state index in [2.05, 4.69) is 5.32 Å². The maximum absolute atomic E-state index is 13.9. The van der Waals surface area contributed by atoms with Crippen LogP contribution in [0.2, 0.25) is 5.02 Å². The average molecular weight is 290 g/mol. The monoisotopic (exact) mass is 289 g/mol. The highest BCUT2D eigenvalue weighted by atomic mass is 35.5. The number of nitrogens with two attached hydrogens (primary N) is 2. The number of nitrogens with one attached hydrogen (secondary N) is 1. The number of anilines is 3. The predicted molar refractivity (Wildman–Crippen MR) is 78.8 cm³/mol. The van der Waals surface area contributed by atoms with Gasteiger partial charge in [0.05, 0.1) is 17.1 Å². The molecule has 1 aliphatic rings. The van der Waals surface area contributed by atoms with Gasteiger partial charge in [-0.1, -0.05) is 11.6 Å². The second-order valence-corrected chi connectivity index (χ2v) is 6.10. The number of hydrogen-bond donors (Lipinski definition) is 3. The molecular weight excluding hydrogens is 273 g/mol. The van der Waals surface area contributed by atoms with E-state index < -0.39 is 5.82 Å². The molecule has 1 aromatic carbocycles. The molecule has 2 rings (SSSR count). The zero-order valence-corrected chi connectivity index (χ0v) is 11.6. The highest BCUT2D eigenvalue weighted by Gasteiger charge is 2.17. The van der Waals surface area contributed by atoms with E-state index in [1.807, 2.05) is 11.8 Å². The van der Waals surface area contributed by atoms with Gasteiger partial charge in [0.2, 0.25) is 0 Å². The molecule has 0 aliphatic carbocycles. The fraction of sp³-hybridized carbons (Fsp3) is 0.500. The van der Waals surface area contributed by atoms with Crippen LogP contribution in [0.25, 0.3) is 0 Å². The van der Waals surface area contributed by atoms with Crippen LogP contribution in [-0.2, 0) is 0 Å². The van der Waals surface area contributed by atoms with Gasteiger partial charge in [-0.3, -0.25) is 0 Å². The summed E-state index contributed by atoms with van der Waals surface area (Å²) in [6.45, 7) is 0.724. The quantitative estimate of drug-likeness (QED) is 0.748. The second kappa shape index (κ2) is 5.89. The van der Waals surface area contributed by atoms with Crippen LogP contribution < -0.4 is 16.8 Å². The van der Waals surface area contributed by atoms with Gasteiger partial charge in [0.15, 0.2) is 5.82 Å². The molecule has 5 N–H and O–H groups in total. The van der Waals surface area contributed by atoms with Gasteiger partial charge in [0.1, 0.15) is 5.02 Å². The van der Waals surface area contributed by atoms with Crippen LogP contribution in [0.5, 0.6) is 0 Å². The average Bonchev–Trinajstić information content (AvgIpc) is 2.37. The number of thioether (sulfide) groups is 1. The largest absolute Gasteiger partial charge is 0.397 e. The molecule has 0 aromatic heterocycles. The summed E-state index contributed by atoms with van der Waals surface area (Å²) in [5, 5.41) is 3.01. The van der Waals surface area contributed by atoms with Gasteiger partial charge < -0.3 is 16.8 Å². The molecule has 0 unspecified atom stereocenters. The van der Waals surface area contributed by atoms with Crippen molar-refractivity contribution >= 4 is 40.4 Å². The number of halogens is 2. The number of benzene rings is 1. The summed E-state index contributed by atoms with van der Waals surface area (Å²) in [4.78, 5) is 0. The molecule has 0 spiro atoms. The first kappa shape index (κ1) is 13.6. The number of rotatable bonds is 3. The van der Waals surface area contributed by atoms with E-state index in [1.54, 1.807) is 0 Å². The first-order chi connectivity index (χ1) is 8.59. The lowest BCUT2D eigenvalue weighted by atomic mass is 10.0. The van der Waals surface area contributed by atoms with Gasteiger partial charge in [-0.15, -0.1) is 0 Å². The van der Waals surface area contributed by atoms with Crippen molar-refractivity contribution in [2.75, 3.05) is 34.8 Å². The van der Waals surface area contributed by atoms with Crippen molar-refractivity contribution in [3.8, 4) is 0 Å². The first-order valence-electron chi connectivity index (χ1n) is 5.94. The lowest BCUT2D eigenvalue weighted by molar-refractivity contribution is 0.514. The van der Waals surface area contributed by atoms with Gasteiger partial charge in [-0.2, -0.15) is 11.8 Å². The first-order valence-corrected chi connectivity index (χ1v) is 7.47. The van der Waals surface area contributed by atoms with Gasteiger partial charge in [0, 0.05) is 6.54 Å². The minimum absolute atomic E-state index is 0.0640. The molecule has 0 bridgehead atoms. The summed E-state index contributed by atoms with van der Waals surface area (Å²) in [7, 11) is 0. The Kier molecular flexibility index (Phi) is 4.45. The summed E-state index contributed by atoms with van der Waals surface area (Å²) in [5.74, 6) is 2.36. The Labute approximate surface area is 115 Å². The summed E-state index contributed by atoms with van der Waals surface area (Å²) < 4.78 is 13.9. The maximum Gasteiger partial charge on any atom is 0.169 e. The van der Waals surface area contributed by atoms with Crippen molar-refractivity contribution in [3.05, 3.63) is 16.9 Å². The lowest BCUT2D eigenvalue weighted by Gasteiger charge is -2.23. The standard InChI is InChI=1S/C12H17ClFN3S/c13-10-8(15)5-9(16)12(11(10)14)17-6-7-1-3-18-4-2-7/h5,7,17H,1-4,6,15-16H2. The van der Waals surface area contributed by atoms with E-state index in [9.17, 15) is 4.39 Å². The van der Waals surface area contributed by atoms with Crippen molar-refractivity contribution < 1.29 is 4.39 Å². The maximum atomic E-state index is 13.9. The third kappa shape index (κ3) is 2.95. The zero-order chi connectivity index (χ0) is 13.1. The number of hydrogen-bond acceptors (Lipinski definition) is 4.